The van der Waals surface area contributed by atoms with E-state index in [0.29, 0.717) is 6.04 Å². The second-order valence-corrected chi connectivity index (χ2v) is 6.14. The minimum atomic E-state index is 0.544. The van der Waals surface area contributed by atoms with E-state index in [2.05, 4.69) is 55.0 Å². The third-order valence-electron chi connectivity index (χ3n) is 4.75. The first-order valence-electron chi connectivity index (χ1n) is 7.84. The lowest BCUT2D eigenvalue weighted by Gasteiger charge is -2.24. The molecule has 1 saturated carbocycles. The van der Waals surface area contributed by atoms with E-state index in [0.717, 1.165) is 30.3 Å². The zero-order valence-corrected chi connectivity index (χ0v) is 12.8. The van der Waals surface area contributed by atoms with Gasteiger partial charge in [0.25, 0.3) is 0 Å². The van der Waals surface area contributed by atoms with Gasteiger partial charge >= 0.3 is 0 Å². The van der Waals surface area contributed by atoms with Gasteiger partial charge in [-0.2, -0.15) is 0 Å². The van der Waals surface area contributed by atoms with Crippen LogP contribution in [0.1, 0.15) is 32.5 Å². The van der Waals surface area contributed by atoms with Gasteiger partial charge in [0, 0.05) is 19.5 Å². The van der Waals surface area contributed by atoms with Crippen molar-refractivity contribution < 1.29 is 0 Å². The summed E-state index contributed by atoms with van der Waals surface area (Å²) in [6.45, 7) is 5.63. The minimum absolute atomic E-state index is 0.544. The molecule has 108 valence electrons. The first-order valence-corrected chi connectivity index (χ1v) is 7.84. The second-order valence-electron chi connectivity index (χ2n) is 6.14. The smallest absolute Gasteiger partial charge is 0.111 e. The summed E-state index contributed by atoms with van der Waals surface area (Å²) in [4.78, 5) is 4.82. The molecule has 1 heterocycles. The summed E-state index contributed by atoms with van der Waals surface area (Å²) in [7, 11) is 2.13. The van der Waals surface area contributed by atoms with E-state index in [1.165, 1.54) is 24.2 Å². The van der Waals surface area contributed by atoms with Crippen LogP contribution in [0.15, 0.2) is 24.3 Å². The van der Waals surface area contributed by atoms with Crippen LogP contribution >= 0.6 is 0 Å². The highest BCUT2D eigenvalue weighted by molar-refractivity contribution is 5.75. The van der Waals surface area contributed by atoms with Crippen LogP contribution in [-0.4, -0.2) is 22.1 Å². The number of fused-ring (bicyclic) bond motifs is 1. The first kappa shape index (κ1) is 13.6. The molecule has 0 aliphatic heterocycles. The summed E-state index contributed by atoms with van der Waals surface area (Å²) >= 11 is 0. The predicted molar refractivity (Wildman–Crippen MR) is 83.8 cm³/mol. The van der Waals surface area contributed by atoms with E-state index in [9.17, 15) is 0 Å². The number of hydrogen-bond acceptors (Lipinski definition) is 2. The molecule has 2 atom stereocenters. The largest absolute Gasteiger partial charge is 0.331 e. The topological polar surface area (TPSA) is 29.9 Å². The first-order chi connectivity index (χ1) is 9.70. The van der Waals surface area contributed by atoms with E-state index >= 15 is 0 Å². The quantitative estimate of drug-likeness (QED) is 0.874. The van der Waals surface area contributed by atoms with Crippen LogP contribution in [0.3, 0.4) is 0 Å². The van der Waals surface area contributed by atoms with Crippen molar-refractivity contribution in [2.24, 2.45) is 18.9 Å². The number of rotatable bonds is 6. The molecule has 1 aromatic carbocycles. The summed E-state index contributed by atoms with van der Waals surface area (Å²) in [5.74, 6) is 2.87. The van der Waals surface area contributed by atoms with Gasteiger partial charge in [-0.3, -0.25) is 0 Å². The second kappa shape index (κ2) is 5.57. The predicted octanol–water partition coefficient (Wildman–Crippen LogP) is 3.14. The maximum atomic E-state index is 4.82. The van der Waals surface area contributed by atoms with Gasteiger partial charge in [0.05, 0.1) is 11.0 Å². The Morgan fingerprint density at radius 1 is 1.35 bits per heavy atom. The number of nitrogens with one attached hydrogen (secondary N) is 1. The van der Waals surface area contributed by atoms with Gasteiger partial charge in [-0.25, -0.2) is 4.98 Å². The minimum Gasteiger partial charge on any atom is -0.331 e. The standard InChI is InChI=1S/C17H25N3/c1-4-18-15(12(2)13-9-10-13)11-17-19-14-7-5-6-8-16(14)20(17)3/h5-8,12-13,15,18H,4,9-11H2,1-3H3. The zero-order chi connectivity index (χ0) is 14.1. The summed E-state index contributed by atoms with van der Waals surface area (Å²) < 4.78 is 2.25. The van der Waals surface area contributed by atoms with Gasteiger partial charge in [-0.05, 0) is 43.4 Å². The van der Waals surface area contributed by atoms with Crippen molar-refractivity contribution in [1.82, 2.24) is 14.9 Å². The number of aromatic nitrogens is 2. The number of hydrogen-bond donors (Lipinski definition) is 1. The van der Waals surface area contributed by atoms with Crippen LogP contribution in [0, 0.1) is 11.8 Å². The lowest BCUT2D eigenvalue weighted by atomic mass is 9.93. The molecule has 3 heteroatoms. The van der Waals surface area contributed by atoms with E-state index in [4.69, 9.17) is 4.98 Å². The highest BCUT2D eigenvalue weighted by atomic mass is 15.1. The molecule has 1 aliphatic carbocycles. The Bertz CT molecular complexity index is 583. The van der Waals surface area contributed by atoms with Crippen LogP contribution in [-0.2, 0) is 13.5 Å². The summed E-state index contributed by atoms with van der Waals surface area (Å²) in [5, 5.41) is 3.67. The molecule has 3 nitrogen and oxygen atoms in total. The van der Waals surface area contributed by atoms with Gasteiger partial charge in [-0.1, -0.05) is 26.0 Å². The molecule has 0 saturated heterocycles. The van der Waals surface area contributed by atoms with E-state index in [1.807, 2.05) is 0 Å². The van der Waals surface area contributed by atoms with Gasteiger partial charge in [0.2, 0.25) is 0 Å². The molecule has 1 aliphatic rings. The molecule has 2 aromatic rings. The molecular formula is C17H25N3. The Labute approximate surface area is 121 Å². The maximum absolute atomic E-state index is 4.82. The molecule has 0 radical (unpaired) electrons. The lowest BCUT2D eigenvalue weighted by molar-refractivity contribution is 0.339. The van der Waals surface area contributed by atoms with Crippen LogP contribution < -0.4 is 5.32 Å². The number of aryl methyl sites for hydroxylation is 1. The van der Waals surface area contributed by atoms with Crippen molar-refractivity contribution in [1.29, 1.82) is 0 Å². The number of imidazole rings is 1. The lowest BCUT2D eigenvalue weighted by Crippen LogP contribution is -2.38. The highest BCUT2D eigenvalue weighted by Gasteiger charge is 2.33. The van der Waals surface area contributed by atoms with Crippen LogP contribution in [0.25, 0.3) is 11.0 Å². The van der Waals surface area contributed by atoms with Crippen molar-refractivity contribution >= 4 is 11.0 Å². The highest BCUT2D eigenvalue weighted by Crippen LogP contribution is 2.38. The fourth-order valence-electron chi connectivity index (χ4n) is 3.23. The molecule has 2 unspecified atom stereocenters. The van der Waals surface area contributed by atoms with Crippen LogP contribution in [0.2, 0.25) is 0 Å². The average molecular weight is 271 g/mol. The van der Waals surface area contributed by atoms with Crippen molar-refractivity contribution in [3.63, 3.8) is 0 Å². The zero-order valence-electron chi connectivity index (χ0n) is 12.8. The Balaban J connectivity index is 1.83. The Morgan fingerprint density at radius 3 is 2.75 bits per heavy atom. The van der Waals surface area contributed by atoms with Crippen molar-refractivity contribution in [3.05, 3.63) is 30.1 Å². The molecule has 0 bridgehead atoms. The van der Waals surface area contributed by atoms with Crippen LogP contribution in [0.5, 0.6) is 0 Å². The Kier molecular flexibility index (Phi) is 3.79. The molecule has 20 heavy (non-hydrogen) atoms. The molecule has 1 aromatic heterocycles. The SMILES string of the molecule is CCNC(Cc1nc2ccccc2n1C)C(C)C1CC1. The molecule has 3 rings (SSSR count). The van der Waals surface area contributed by atoms with E-state index in [-0.39, 0.29) is 0 Å². The summed E-state index contributed by atoms with van der Waals surface area (Å²) in [5.41, 5.74) is 2.34. The summed E-state index contributed by atoms with van der Waals surface area (Å²) in [6.07, 6.45) is 3.84. The van der Waals surface area contributed by atoms with Crippen molar-refractivity contribution in [2.45, 2.75) is 39.2 Å². The van der Waals surface area contributed by atoms with Crippen LogP contribution in [0.4, 0.5) is 0 Å². The monoisotopic (exact) mass is 271 g/mol. The Morgan fingerprint density at radius 2 is 2.10 bits per heavy atom. The van der Waals surface area contributed by atoms with E-state index in [1.54, 1.807) is 0 Å². The number of para-hydroxylation sites is 2. The Hall–Kier alpha value is -1.35. The maximum Gasteiger partial charge on any atom is 0.111 e. The number of benzene rings is 1. The summed E-state index contributed by atoms with van der Waals surface area (Å²) in [6, 6.07) is 8.95. The van der Waals surface area contributed by atoms with E-state index < -0.39 is 0 Å². The molecule has 1 fully saturated rings. The third-order valence-corrected chi connectivity index (χ3v) is 4.75. The number of likely N-dealkylation sites (N-methyl/N-ethyl adjacent to an activating group) is 1. The third kappa shape index (κ3) is 2.59. The molecule has 0 spiro atoms. The average Bonchev–Trinajstić information content (AvgIpc) is 3.25. The molecular weight excluding hydrogens is 246 g/mol. The number of nitrogens with zero attached hydrogens (tertiary/aromatic N) is 2. The fraction of sp³-hybridized carbons (Fsp3) is 0.588. The molecule has 0 amide bonds. The normalized spacial score (nSPS) is 18.4. The van der Waals surface area contributed by atoms with Gasteiger partial charge in [0.15, 0.2) is 0 Å². The van der Waals surface area contributed by atoms with Gasteiger partial charge < -0.3 is 9.88 Å². The fourth-order valence-corrected chi connectivity index (χ4v) is 3.23. The van der Waals surface area contributed by atoms with Crippen molar-refractivity contribution in [2.75, 3.05) is 6.54 Å². The van der Waals surface area contributed by atoms with Gasteiger partial charge in [0.1, 0.15) is 5.82 Å². The van der Waals surface area contributed by atoms with Crippen molar-refractivity contribution in [3.8, 4) is 0 Å². The van der Waals surface area contributed by atoms with Gasteiger partial charge in [-0.15, -0.1) is 0 Å². The molecule has 1 N–H and O–H groups in total.